The van der Waals surface area contributed by atoms with E-state index in [0.717, 1.165) is 22.9 Å². The summed E-state index contributed by atoms with van der Waals surface area (Å²) in [7, 11) is 0. The van der Waals surface area contributed by atoms with Gasteiger partial charge in [-0.2, -0.15) is 0 Å². The van der Waals surface area contributed by atoms with Crippen LogP contribution in [-0.2, 0) is 9.53 Å². The van der Waals surface area contributed by atoms with Crippen LogP contribution in [0, 0.1) is 0 Å². The van der Waals surface area contributed by atoms with E-state index in [2.05, 4.69) is 21.2 Å². The maximum absolute atomic E-state index is 11.9. The molecule has 0 fully saturated rings. The van der Waals surface area contributed by atoms with E-state index in [9.17, 15) is 9.59 Å². The van der Waals surface area contributed by atoms with Crippen molar-refractivity contribution in [1.82, 2.24) is 0 Å². The van der Waals surface area contributed by atoms with Crippen molar-refractivity contribution >= 4 is 39.6 Å². The molecule has 1 N–H and O–H groups in total. The number of amides is 1. The fourth-order valence-corrected chi connectivity index (χ4v) is 2.28. The molecule has 0 saturated heterocycles. The molecule has 0 aliphatic rings. The van der Waals surface area contributed by atoms with Crippen LogP contribution < -0.4 is 5.32 Å². The number of anilines is 1. The van der Waals surface area contributed by atoms with Crippen molar-refractivity contribution in [1.29, 1.82) is 0 Å². The van der Waals surface area contributed by atoms with Crippen LogP contribution in [0.3, 0.4) is 0 Å². The lowest BCUT2D eigenvalue weighted by molar-refractivity contribution is -0.111. The largest absolute Gasteiger partial charge is 0.462 e. The molecule has 0 aromatic heterocycles. The molecule has 0 bridgehead atoms. The summed E-state index contributed by atoms with van der Waals surface area (Å²) in [4.78, 5) is 23.8. The minimum Gasteiger partial charge on any atom is -0.462 e. The Morgan fingerprint density at radius 1 is 1.08 bits per heavy atom. The first-order valence-corrected chi connectivity index (χ1v) is 8.89. The molecular weight excluding hydrogens is 382 g/mol. The van der Waals surface area contributed by atoms with Gasteiger partial charge in [0.25, 0.3) is 0 Å². The number of carbonyl (C=O) groups is 2. The fraction of sp³-hybridized carbons (Fsp3) is 0.200. The van der Waals surface area contributed by atoms with Gasteiger partial charge in [-0.05, 0) is 54.5 Å². The zero-order valence-electron chi connectivity index (χ0n) is 14.0. The van der Waals surface area contributed by atoms with E-state index in [0.29, 0.717) is 17.9 Å². The second kappa shape index (κ2) is 9.79. The highest BCUT2D eigenvalue weighted by molar-refractivity contribution is 9.10. The summed E-state index contributed by atoms with van der Waals surface area (Å²) >= 11 is 3.37. The molecule has 0 aliphatic heterocycles. The molecule has 4 nitrogen and oxygen atoms in total. The number of hydrogen-bond acceptors (Lipinski definition) is 3. The lowest BCUT2D eigenvalue weighted by atomic mass is 10.2. The number of nitrogens with one attached hydrogen (secondary N) is 1. The van der Waals surface area contributed by atoms with Crippen LogP contribution in [-0.4, -0.2) is 18.5 Å². The van der Waals surface area contributed by atoms with Crippen LogP contribution in [0.25, 0.3) is 6.08 Å². The molecule has 130 valence electrons. The Bertz CT molecular complexity index is 737. The standard InChI is InChI=1S/C20H20BrNO3/c1-2-3-14-25-20(24)16-7-11-18(12-8-16)22-19(23)13-6-15-4-9-17(21)10-5-15/h4-13H,2-3,14H2,1H3,(H,22,23). The monoisotopic (exact) mass is 401 g/mol. The number of benzene rings is 2. The molecule has 0 heterocycles. The van der Waals surface area contributed by atoms with Gasteiger partial charge in [0.05, 0.1) is 12.2 Å². The van der Waals surface area contributed by atoms with Crippen molar-refractivity contribution in [2.45, 2.75) is 19.8 Å². The predicted octanol–water partition coefficient (Wildman–Crippen LogP) is 5.06. The van der Waals surface area contributed by atoms with Gasteiger partial charge >= 0.3 is 5.97 Å². The highest BCUT2D eigenvalue weighted by Gasteiger charge is 2.07. The molecule has 0 spiro atoms. The Morgan fingerprint density at radius 2 is 1.76 bits per heavy atom. The molecule has 0 saturated carbocycles. The summed E-state index contributed by atoms with van der Waals surface area (Å²) in [5.41, 5.74) is 2.03. The maximum Gasteiger partial charge on any atom is 0.338 e. The average molecular weight is 402 g/mol. The van der Waals surface area contributed by atoms with Crippen LogP contribution in [0.2, 0.25) is 0 Å². The predicted molar refractivity (Wildman–Crippen MR) is 103 cm³/mol. The second-order valence-corrected chi connectivity index (χ2v) is 6.36. The highest BCUT2D eigenvalue weighted by Crippen LogP contribution is 2.13. The lowest BCUT2D eigenvalue weighted by Crippen LogP contribution is -2.09. The summed E-state index contributed by atoms with van der Waals surface area (Å²) in [6.07, 6.45) is 5.04. The highest BCUT2D eigenvalue weighted by atomic mass is 79.9. The van der Waals surface area contributed by atoms with Crippen molar-refractivity contribution in [2.75, 3.05) is 11.9 Å². The van der Waals surface area contributed by atoms with Gasteiger partial charge in [-0.1, -0.05) is 41.4 Å². The first kappa shape index (κ1) is 18.9. The molecule has 5 heteroatoms. The summed E-state index contributed by atoms with van der Waals surface area (Å²) in [6, 6.07) is 14.3. The van der Waals surface area contributed by atoms with Gasteiger partial charge < -0.3 is 10.1 Å². The average Bonchev–Trinajstić information content (AvgIpc) is 2.62. The minimum absolute atomic E-state index is 0.235. The van der Waals surface area contributed by atoms with Crippen LogP contribution in [0.4, 0.5) is 5.69 Å². The van der Waals surface area contributed by atoms with E-state index in [4.69, 9.17) is 4.74 Å². The third-order valence-electron chi connectivity index (χ3n) is 3.42. The molecule has 0 aliphatic carbocycles. The SMILES string of the molecule is CCCCOC(=O)c1ccc(NC(=O)C=Cc2ccc(Br)cc2)cc1. The van der Waals surface area contributed by atoms with Crippen LogP contribution in [0.5, 0.6) is 0 Å². The third-order valence-corrected chi connectivity index (χ3v) is 3.95. The molecule has 2 aromatic carbocycles. The Morgan fingerprint density at radius 3 is 2.40 bits per heavy atom. The number of ether oxygens (including phenoxy) is 1. The minimum atomic E-state index is -0.346. The molecule has 2 rings (SSSR count). The van der Waals surface area contributed by atoms with Crippen LogP contribution >= 0.6 is 15.9 Å². The Balaban J connectivity index is 1.88. The number of esters is 1. The Kier molecular flexibility index (Phi) is 7.41. The van der Waals surface area contributed by atoms with Gasteiger partial charge in [-0.3, -0.25) is 4.79 Å². The van der Waals surface area contributed by atoms with Gasteiger partial charge in [0.2, 0.25) is 5.91 Å². The van der Waals surface area contributed by atoms with Crippen molar-refractivity contribution in [3.8, 4) is 0 Å². The van der Waals surface area contributed by atoms with Crippen molar-refractivity contribution < 1.29 is 14.3 Å². The normalized spacial score (nSPS) is 10.6. The zero-order chi connectivity index (χ0) is 18.1. The smallest absolute Gasteiger partial charge is 0.338 e. The number of halogens is 1. The number of unbranched alkanes of at least 4 members (excludes halogenated alkanes) is 1. The number of rotatable bonds is 7. The molecule has 2 aromatic rings. The van der Waals surface area contributed by atoms with E-state index < -0.39 is 0 Å². The van der Waals surface area contributed by atoms with Gasteiger partial charge in [0.1, 0.15) is 0 Å². The summed E-state index contributed by atoms with van der Waals surface area (Å²) in [5, 5.41) is 2.75. The van der Waals surface area contributed by atoms with Crippen molar-refractivity contribution in [2.24, 2.45) is 0 Å². The van der Waals surface area contributed by atoms with Gasteiger partial charge in [-0.15, -0.1) is 0 Å². The maximum atomic E-state index is 11.9. The van der Waals surface area contributed by atoms with Crippen LogP contribution in [0.15, 0.2) is 59.1 Å². The van der Waals surface area contributed by atoms with E-state index in [-0.39, 0.29) is 11.9 Å². The quantitative estimate of drug-likeness (QED) is 0.400. The number of hydrogen-bond donors (Lipinski definition) is 1. The summed E-state index contributed by atoms with van der Waals surface area (Å²) in [6.45, 7) is 2.46. The van der Waals surface area contributed by atoms with Crippen molar-refractivity contribution in [3.63, 3.8) is 0 Å². The molecule has 25 heavy (non-hydrogen) atoms. The van der Waals surface area contributed by atoms with E-state index in [1.807, 2.05) is 31.2 Å². The van der Waals surface area contributed by atoms with Gasteiger partial charge in [-0.25, -0.2) is 4.79 Å². The Labute approximate surface area is 156 Å². The van der Waals surface area contributed by atoms with E-state index in [1.54, 1.807) is 30.3 Å². The van der Waals surface area contributed by atoms with Gasteiger partial charge in [0, 0.05) is 16.2 Å². The summed E-state index contributed by atoms with van der Waals surface area (Å²) < 4.78 is 6.13. The first-order valence-electron chi connectivity index (χ1n) is 8.10. The fourth-order valence-electron chi connectivity index (χ4n) is 2.01. The Hall–Kier alpha value is -2.40. The zero-order valence-corrected chi connectivity index (χ0v) is 15.6. The molecule has 1 amide bonds. The topological polar surface area (TPSA) is 55.4 Å². The van der Waals surface area contributed by atoms with E-state index >= 15 is 0 Å². The lowest BCUT2D eigenvalue weighted by Gasteiger charge is -2.05. The second-order valence-electron chi connectivity index (χ2n) is 5.44. The third kappa shape index (κ3) is 6.55. The van der Waals surface area contributed by atoms with E-state index in [1.165, 1.54) is 6.08 Å². The molecule has 0 unspecified atom stereocenters. The van der Waals surface area contributed by atoms with Crippen molar-refractivity contribution in [3.05, 3.63) is 70.2 Å². The van der Waals surface area contributed by atoms with Gasteiger partial charge in [0.15, 0.2) is 0 Å². The first-order chi connectivity index (χ1) is 12.1. The summed E-state index contributed by atoms with van der Waals surface area (Å²) in [5.74, 6) is -0.581. The molecular formula is C20H20BrNO3. The van der Waals surface area contributed by atoms with Crippen LogP contribution in [0.1, 0.15) is 35.7 Å². The molecule has 0 atom stereocenters. The number of carbonyl (C=O) groups excluding carboxylic acids is 2. The molecule has 0 radical (unpaired) electrons.